The van der Waals surface area contributed by atoms with Crippen LogP contribution >= 0.6 is 11.3 Å². The molecule has 1 heterocycles. The van der Waals surface area contributed by atoms with Crippen molar-refractivity contribution in [2.24, 2.45) is 0 Å². The van der Waals surface area contributed by atoms with Crippen molar-refractivity contribution in [2.45, 2.75) is 32.1 Å². The molecular weight excluding hydrogens is 353 g/mol. The van der Waals surface area contributed by atoms with Crippen molar-refractivity contribution in [1.29, 1.82) is 0 Å². The lowest BCUT2D eigenvalue weighted by atomic mass is 10.1. The predicted octanol–water partition coefficient (Wildman–Crippen LogP) is 3.65. The van der Waals surface area contributed by atoms with E-state index in [1.807, 2.05) is 17.5 Å². The number of benzene rings is 1. The van der Waals surface area contributed by atoms with Gasteiger partial charge in [0.25, 0.3) is 0 Å². The Bertz CT molecular complexity index is 712. The molecule has 2 aromatic rings. The maximum atomic E-state index is 12.5. The zero-order valence-corrected chi connectivity index (χ0v) is 14.2. The zero-order valence-electron chi connectivity index (χ0n) is 13.4. The predicted molar refractivity (Wildman–Crippen MR) is 88.8 cm³/mol. The Morgan fingerprint density at radius 3 is 2.36 bits per heavy atom. The van der Waals surface area contributed by atoms with Crippen LogP contribution in [0.15, 0.2) is 41.8 Å². The summed E-state index contributed by atoms with van der Waals surface area (Å²) in [5, 5.41) is 7.23. The second kappa shape index (κ2) is 8.15. The Morgan fingerprint density at radius 2 is 1.84 bits per heavy atom. The van der Waals surface area contributed by atoms with Crippen LogP contribution in [0, 0.1) is 0 Å². The van der Waals surface area contributed by atoms with Crippen LogP contribution in [-0.4, -0.2) is 11.8 Å². The average Bonchev–Trinajstić information content (AvgIpc) is 3.06. The average molecular weight is 370 g/mol. The fourth-order valence-corrected chi connectivity index (χ4v) is 3.01. The maximum absolute atomic E-state index is 12.5. The van der Waals surface area contributed by atoms with Gasteiger partial charge in [0.1, 0.15) is 0 Å². The molecular formula is C17H17F3N2O2S. The lowest BCUT2D eigenvalue weighted by Crippen LogP contribution is -2.32. The van der Waals surface area contributed by atoms with Gasteiger partial charge < -0.3 is 10.6 Å². The van der Waals surface area contributed by atoms with Crippen LogP contribution in [0.4, 0.5) is 13.2 Å². The number of alkyl halides is 3. The van der Waals surface area contributed by atoms with E-state index in [1.165, 1.54) is 30.4 Å². The molecule has 2 rings (SSSR count). The maximum Gasteiger partial charge on any atom is 0.416 e. The molecule has 4 nitrogen and oxygen atoms in total. The number of rotatable bonds is 6. The van der Waals surface area contributed by atoms with E-state index >= 15 is 0 Å². The zero-order chi connectivity index (χ0) is 18.4. The van der Waals surface area contributed by atoms with Crippen molar-refractivity contribution in [3.05, 3.63) is 57.8 Å². The van der Waals surface area contributed by atoms with Gasteiger partial charge in [-0.15, -0.1) is 11.3 Å². The lowest BCUT2D eigenvalue weighted by molar-refractivity contribution is -0.137. The summed E-state index contributed by atoms with van der Waals surface area (Å²) in [6.45, 7) is 1.49. The molecule has 0 bridgehead atoms. The molecule has 0 aliphatic heterocycles. The number of amides is 2. The molecule has 1 aromatic carbocycles. The number of hydrogen-bond acceptors (Lipinski definition) is 3. The van der Waals surface area contributed by atoms with E-state index in [0.717, 1.165) is 17.0 Å². The Balaban J connectivity index is 1.91. The third-order valence-electron chi connectivity index (χ3n) is 3.42. The van der Waals surface area contributed by atoms with Gasteiger partial charge in [-0.25, -0.2) is 0 Å². The highest BCUT2D eigenvalue weighted by Gasteiger charge is 2.29. The fourth-order valence-electron chi connectivity index (χ4n) is 2.23. The first-order chi connectivity index (χ1) is 11.8. The highest BCUT2D eigenvalue weighted by Crippen LogP contribution is 2.29. The largest absolute Gasteiger partial charge is 0.416 e. The molecule has 0 spiro atoms. The molecule has 0 saturated carbocycles. The third kappa shape index (κ3) is 5.90. The summed E-state index contributed by atoms with van der Waals surface area (Å²) in [5.41, 5.74) is -0.167. The number of halogens is 3. The molecule has 0 aliphatic rings. The van der Waals surface area contributed by atoms with Crippen molar-refractivity contribution in [3.8, 4) is 0 Å². The third-order valence-corrected chi connectivity index (χ3v) is 4.41. The van der Waals surface area contributed by atoms with E-state index in [4.69, 9.17) is 0 Å². The highest BCUT2D eigenvalue weighted by molar-refractivity contribution is 7.10. The van der Waals surface area contributed by atoms with E-state index in [1.54, 1.807) is 0 Å². The van der Waals surface area contributed by atoms with Crippen LogP contribution in [-0.2, 0) is 22.3 Å². The smallest absolute Gasteiger partial charge is 0.352 e. The minimum atomic E-state index is -4.38. The molecule has 2 amide bonds. The molecule has 0 saturated heterocycles. The summed E-state index contributed by atoms with van der Waals surface area (Å²) in [4.78, 5) is 24.2. The van der Waals surface area contributed by atoms with E-state index in [2.05, 4.69) is 10.6 Å². The fraction of sp³-hybridized carbons (Fsp3) is 0.294. The van der Waals surface area contributed by atoms with E-state index in [0.29, 0.717) is 5.56 Å². The van der Waals surface area contributed by atoms with Crippen LogP contribution in [0.25, 0.3) is 0 Å². The molecule has 0 aliphatic carbocycles. The topological polar surface area (TPSA) is 58.2 Å². The van der Waals surface area contributed by atoms with E-state index in [9.17, 15) is 22.8 Å². The van der Waals surface area contributed by atoms with Gasteiger partial charge in [-0.2, -0.15) is 13.2 Å². The summed E-state index contributed by atoms with van der Waals surface area (Å²) >= 11 is 1.43. The van der Waals surface area contributed by atoms with E-state index in [-0.39, 0.29) is 24.8 Å². The van der Waals surface area contributed by atoms with Gasteiger partial charge >= 0.3 is 6.18 Å². The molecule has 0 unspecified atom stereocenters. The van der Waals surface area contributed by atoms with Crippen molar-refractivity contribution in [3.63, 3.8) is 0 Å². The Morgan fingerprint density at radius 1 is 1.16 bits per heavy atom. The summed E-state index contributed by atoms with van der Waals surface area (Å²) in [7, 11) is 0. The minimum absolute atomic E-state index is 0.0563. The summed E-state index contributed by atoms with van der Waals surface area (Å²) in [6.07, 6.45) is -4.32. The first kappa shape index (κ1) is 19.0. The van der Waals surface area contributed by atoms with Crippen molar-refractivity contribution < 1.29 is 22.8 Å². The van der Waals surface area contributed by atoms with Gasteiger partial charge in [0.2, 0.25) is 11.8 Å². The van der Waals surface area contributed by atoms with Gasteiger partial charge in [0.05, 0.1) is 18.0 Å². The first-order valence-electron chi connectivity index (χ1n) is 7.49. The molecule has 25 heavy (non-hydrogen) atoms. The monoisotopic (exact) mass is 370 g/mol. The van der Waals surface area contributed by atoms with E-state index < -0.39 is 17.8 Å². The second-order valence-electron chi connectivity index (χ2n) is 5.44. The molecule has 8 heteroatoms. The number of nitrogens with one attached hydrogen (secondary N) is 2. The van der Waals surface area contributed by atoms with Crippen molar-refractivity contribution in [1.82, 2.24) is 10.6 Å². The highest BCUT2D eigenvalue weighted by atomic mass is 32.1. The quantitative estimate of drug-likeness (QED) is 0.816. The normalized spacial score (nSPS) is 12.5. The van der Waals surface area contributed by atoms with Crippen LogP contribution in [0.2, 0.25) is 0 Å². The number of hydrogen-bond donors (Lipinski definition) is 2. The Labute approximate surface area is 147 Å². The standard InChI is InChI=1S/C17H17F3N2O2S/c1-11(23)22-14(15-3-2-8-25-15)9-16(24)21-10-12-4-6-13(7-5-12)17(18,19)20/h2-8,14H,9-10H2,1H3,(H,21,24)(H,22,23)/t14-/m1/s1. The SMILES string of the molecule is CC(=O)N[C@H](CC(=O)NCc1ccc(C(F)(F)F)cc1)c1cccs1. The van der Waals surface area contributed by atoms with Gasteiger partial charge in [-0.1, -0.05) is 18.2 Å². The molecule has 1 atom stereocenters. The van der Waals surface area contributed by atoms with Gasteiger partial charge in [-0.3, -0.25) is 9.59 Å². The second-order valence-corrected chi connectivity index (χ2v) is 6.42. The Kier molecular flexibility index (Phi) is 6.19. The number of carbonyl (C=O) groups excluding carboxylic acids is 2. The number of carbonyl (C=O) groups is 2. The minimum Gasteiger partial charge on any atom is -0.352 e. The van der Waals surface area contributed by atoms with Crippen LogP contribution in [0.5, 0.6) is 0 Å². The number of thiophene rings is 1. The molecule has 134 valence electrons. The van der Waals surface area contributed by atoms with Gasteiger partial charge in [-0.05, 0) is 29.1 Å². The molecule has 0 fully saturated rings. The van der Waals surface area contributed by atoms with Gasteiger partial charge in [0.15, 0.2) is 0 Å². The van der Waals surface area contributed by atoms with Crippen molar-refractivity contribution >= 4 is 23.2 Å². The van der Waals surface area contributed by atoms with Gasteiger partial charge in [0, 0.05) is 18.3 Å². The van der Waals surface area contributed by atoms with Crippen LogP contribution < -0.4 is 10.6 Å². The molecule has 1 aromatic heterocycles. The van der Waals surface area contributed by atoms with Crippen LogP contribution in [0.1, 0.15) is 35.4 Å². The summed E-state index contributed by atoms with van der Waals surface area (Å²) < 4.78 is 37.5. The first-order valence-corrected chi connectivity index (χ1v) is 8.37. The summed E-state index contributed by atoms with van der Waals surface area (Å²) in [6, 6.07) is 7.84. The molecule has 2 N–H and O–H groups in total. The summed E-state index contributed by atoms with van der Waals surface area (Å²) in [5.74, 6) is -0.541. The molecule has 0 radical (unpaired) electrons. The van der Waals surface area contributed by atoms with Crippen molar-refractivity contribution in [2.75, 3.05) is 0 Å². The Hall–Kier alpha value is -2.35. The van der Waals surface area contributed by atoms with Crippen LogP contribution in [0.3, 0.4) is 0 Å². The lowest BCUT2D eigenvalue weighted by Gasteiger charge is -2.16.